The Bertz CT molecular complexity index is 1090. The molecule has 2 unspecified atom stereocenters. The van der Waals surface area contributed by atoms with Crippen molar-refractivity contribution < 1.29 is 19.1 Å². The molecule has 192 valence electrons. The molecule has 1 aliphatic rings. The fourth-order valence-corrected chi connectivity index (χ4v) is 4.24. The number of halogens is 1. The SMILES string of the molecule is CCOC(=O)N1CCN(C(=O)C(C)n2cc(NC(=O)C(C)Cn3nc(C)c(Br)c3C)c(C)n2)CC1. The number of carbonyl (C=O) groups excluding carboxylic acids is 3. The van der Waals surface area contributed by atoms with Crippen molar-refractivity contribution in [3.63, 3.8) is 0 Å². The molecule has 12 heteroatoms. The van der Waals surface area contributed by atoms with Gasteiger partial charge in [-0.2, -0.15) is 10.2 Å². The summed E-state index contributed by atoms with van der Waals surface area (Å²) in [5.74, 6) is -0.555. The van der Waals surface area contributed by atoms with Gasteiger partial charge in [-0.1, -0.05) is 6.92 Å². The molecule has 0 radical (unpaired) electrons. The Morgan fingerprint density at radius 1 is 1.06 bits per heavy atom. The lowest BCUT2D eigenvalue weighted by molar-refractivity contribution is -0.136. The zero-order chi connectivity index (χ0) is 25.9. The molecule has 11 nitrogen and oxygen atoms in total. The van der Waals surface area contributed by atoms with Crippen molar-refractivity contribution in [2.75, 3.05) is 38.1 Å². The molecular weight excluding hydrogens is 518 g/mol. The van der Waals surface area contributed by atoms with Crippen molar-refractivity contribution in [1.82, 2.24) is 29.4 Å². The third-order valence-electron chi connectivity index (χ3n) is 6.23. The lowest BCUT2D eigenvalue weighted by Gasteiger charge is -2.35. The van der Waals surface area contributed by atoms with E-state index >= 15 is 0 Å². The molecule has 35 heavy (non-hydrogen) atoms. The van der Waals surface area contributed by atoms with Gasteiger partial charge in [-0.15, -0.1) is 0 Å². The van der Waals surface area contributed by atoms with Gasteiger partial charge < -0.3 is 19.9 Å². The maximum absolute atomic E-state index is 13.0. The second-order valence-corrected chi connectivity index (χ2v) is 9.65. The average molecular weight is 552 g/mol. The zero-order valence-corrected chi connectivity index (χ0v) is 22.8. The molecular formula is C23H34BrN7O4. The fraction of sp³-hybridized carbons (Fsp3) is 0.609. The van der Waals surface area contributed by atoms with E-state index in [0.717, 1.165) is 15.9 Å². The van der Waals surface area contributed by atoms with Crippen LogP contribution in [0, 0.1) is 26.7 Å². The van der Waals surface area contributed by atoms with Crippen LogP contribution in [0.1, 0.15) is 43.9 Å². The summed E-state index contributed by atoms with van der Waals surface area (Å²) in [7, 11) is 0. The Labute approximate surface area is 213 Å². The number of anilines is 1. The average Bonchev–Trinajstić information content (AvgIpc) is 3.32. The van der Waals surface area contributed by atoms with Crippen molar-refractivity contribution >= 4 is 39.5 Å². The number of nitrogens with one attached hydrogen (secondary N) is 1. The highest BCUT2D eigenvalue weighted by Crippen LogP contribution is 2.22. The number of hydrogen-bond donors (Lipinski definition) is 1. The Hall–Kier alpha value is -2.89. The van der Waals surface area contributed by atoms with E-state index in [9.17, 15) is 14.4 Å². The van der Waals surface area contributed by atoms with Crippen LogP contribution in [-0.2, 0) is 20.9 Å². The Balaban J connectivity index is 1.59. The second kappa shape index (κ2) is 11.2. The highest BCUT2D eigenvalue weighted by Gasteiger charge is 2.29. The number of rotatable bonds is 7. The van der Waals surface area contributed by atoms with E-state index in [0.29, 0.717) is 50.7 Å². The van der Waals surface area contributed by atoms with Gasteiger partial charge in [-0.05, 0) is 50.5 Å². The molecule has 1 saturated heterocycles. The summed E-state index contributed by atoms with van der Waals surface area (Å²) in [6.45, 7) is 13.6. The van der Waals surface area contributed by atoms with E-state index < -0.39 is 6.04 Å². The topological polar surface area (TPSA) is 115 Å². The summed E-state index contributed by atoms with van der Waals surface area (Å²) in [6, 6.07) is -0.544. The minimum absolute atomic E-state index is 0.0858. The first-order valence-electron chi connectivity index (χ1n) is 11.8. The fourth-order valence-electron chi connectivity index (χ4n) is 3.96. The van der Waals surface area contributed by atoms with Crippen LogP contribution in [0.3, 0.4) is 0 Å². The van der Waals surface area contributed by atoms with Gasteiger partial charge in [0.15, 0.2) is 0 Å². The number of aryl methyl sites for hydroxylation is 2. The summed E-state index contributed by atoms with van der Waals surface area (Å²) in [6.07, 6.45) is 1.34. The molecule has 1 fully saturated rings. The lowest BCUT2D eigenvalue weighted by Crippen LogP contribution is -2.52. The standard InChI is InChI=1S/C23H34BrN7O4/c1-7-35-23(34)29-10-8-28(9-11-29)22(33)18(6)31-13-19(15(3)26-31)25-21(32)14(2)12-30-17(5)20(24)16(4)27-30/h13-14,18H,7-12H2,1-6H3,(H,25,32). The van der Waals surface area contributed by atoms with E-state index in [1.165, 1.54) is 0 Å². The maximum Gasteiger partial charge on any atom is 0.409 e. The van der Waals surface area contributed by atoms with Crippen molar-refractivity contribution in [2.24, 2.45) is 5.92 Å². The highest BCUT2D eigenvalue weighted by molar-refractivity contribution is 9.10. The highest BCUT2D eigenvalue weighted by atomic mass is 79.9. The lowest BCUT2D eigenvalue weighted by atomic mass is 10.1. The number of aromatic nitrogens is 4. The van der Waals surface area contributed by atoms with Crippen molar-refractivity contribution in [2.45, 2.75) is 54.1 Å². The Morgan fingerprint density at radius 3 is 2.26 bits per heavy atom. The molecule has 2 atom stereocenters. The molecule has 0 aromatic carbocycles. The summed E-state index contributed by atoms with van der Waals surface area (Å²) in [5, 5.41) is 11.9. The summed E-state index contributed by atoms with van der Waals surface area (Å²) < 4.78 is 9.38. The van der Waals surface area contributed by atoms with Crippen molar-refractivity contribution in [3.05, 3.63) is 27.8 Å². The summed E-state index contributed by atoms with van der Waals surface area (Å²) >= 11 is 3.51. The van der Waals surface area contributed by atoms with Gasteiger partial charge >= 0.3 is 6.09 Å². The molecule has 0 aliphatic carbocycles. The number of carbonyl (C=O) groups is 3. The van der Waals surface area contributed by atoms with E-state index in [1.807, 2.05) is 25.5 Å². The van der Waals surface area contributed by atoms with Gasteiger partial charge in [0.1, 0.15) is 6.04 Å². The summed E-state index contributed by atoms with van der Waals surface area (Å²) in [5.41, 5.74) is 3.06. The van der Waals surface area contributed by atoms with Crippen molar-refractivity contribution in [1.29, 1.82) is 0 Å². The molecule has 1 aliphatic heterocycles. The van der Waals surface area contributed by atoms with Crippen LogP contribution in [0.4, 0.5) is 10.5 Å². The first kappa shape index (κ1) is 26.7. The third-order valence-corrected chi connectivity index (χ3v) is 7.38. The van der Waals surface area contributed by atoms with E-state index in [4.69, 9.17) is 4.74 Å². The predicted molar refractivity (Wildman–Crippen MR) is 134 cm³/mol. The zero-order valence-electron chi connectivity index (χ0n) is 21.2. The van der Waals surface area contributed by atoms with Crippen LogP contribution in [0.15, 0.2) is 10.7 Å². The van der Waals surface area contributed by atoms with Gasteiger partial charge in [0.05, 0.1) is 40.6 Å². The maximum atomic E-state index is 13.0. The number of hydrogen-bond acceptors (Lipinski definition) is 6. The largest absolute Gasteiger partial charge is 0.450 e. The van der Waals surface area contributed by atoms with Crippen LogP contribution in [0.5, 0.6) is 0 Å². The number of amides is 3. The molecule has 3 amide bonds. The molecule has 3 rings (SSSR count). The van der Waals surface area contributed by atoms with Crippen LogP contribution < -0.4 is 5.32 Å². The number of ether oxygens (including phenoxy) is 1. The smallest absolute Gasteiger partial charge is 0.409 e. The molecule has 0 bridgehead atoms. The van der Waals surface area contributed by atoms with E-state index in [-0.39, 0.29) is 23.8 Å². The van der Waals surface area contributed by atoms with Crippen LogP contribution in [0.2, 0.25) is 0 Å². The molecule has 1 N–H and O–H groups in total. The van der Waals surface area contributed by atoms with Crippen LogP contribution >= 0.6 is 15.9 Å². The molecule has 2 aromatic rings. The molecule has 0 saturated carbocycles. The predicted octanol–water partition coefficient (Wildman–Crippen LogP) is 2.90. The van der Waals surface area contributed by atoms with E-state index in [2.05, 4.69) is 31.4 Å². The summed E-state index contributed by atoms with van der Waals surface area (Å²) in [4.78, 5) is 41.1. The third kappa shape index (κ3) is 6.03. The molecule has 2 aromatic heterocycles. The van der Waals surface area contributed by atoms with Gasteiger partial charge in [-0.3, -0.25) is 19.0 Å². The quantitative estimate of drug-likeness (QED) is 0.565. The van der Waals surface area contributed by atoms with Gasteiger partial charge in [0.2, 0.25) is 11.8 Å². The molecule has 0 spiro atoms. The first-order valence-corrected chi connectivity index (χ1v) is 12.6. The van der Waals surface area contributed by atoms with E-state index in [1.54, 1.807) is 41.4 Å². The van der Waals surface area contributed by atoms with Gasteiger partial charge in [-0.25, -0.2) is 4.79 Å². The first-order chi connectivity index (χ1) is 16.5. The minimum Gasteiger partial charge on any atom is -0.450 e. The second-order valence-electron chi connectivity index (χ2n) is 8.85. The number of nitrogens with zero attached hydrogens (tertiary/aromatic N) is 6. The van der Waals surface area contributed by atoms with Gasteiger partial charge in [0.25, 0.3) is 0 Å². The Morgan fingerprint density at radius 2 is 1.69 bits per heavy atom. The number of piperazine rings is 1. The Kier molecular flexibility index (Phi) is 8.57. The monoisotopic (exact) mass is 551 g/mol. The van der Waals surface area contributed by atoms with Crippen LogP contribution in [-0.4, -0.2) is 80.1 Å². The van der Waals surface area contributed by atoms with Crippen molar-refractivity contribution in [3.8, 4) is 0 Å². The van der Waals surface area contributed by atoms with Crippen LogP contribution in [0.25, 0.3) is 0 Å². The molecule has 3 heterocycles. The minimum atomic E-state index is -0.544. The van der Waals surface area contributed by atoms with Gasteiger partial charge in [0, 0.05) is 38.1 Å². The normalized spacial score (nSPS) is 15.6.